The molecule has 36 heavy (non-hydrogen) atoms. The lowest BCUT2D eigenvalue weighted by atomic mass is 10.1. The fraction of sp³-hybridized carbons (Fsp3) is 0.192. The van der Waals surface area contributed by atoms with Gasteiger partial charge in [-0.2, -0.15) is 13.2 Å². The lowest BCUT2D eigenvalue weighted by molar-refractivity contribution is -0.137. The van der Waals surface area contributed by atoms with Crippen LogP contribution in [0.4, 0.5) is 13.2 Å². The predicted molar refractivity (Wildman–Crippen MR) is 122 cm³/mol. The van der Waals surface area contributed by atoms with Crippen molar-refractivity contribution in [2.24, 2.45) is 0 Å². The van der Waals surface area contributed by atoms with Crippen LogP contribution in [0.15, 0.2) is 72.8 Å². The number of carbonyl (C=O) groups excluding carboxylic acids is 3. The molecule has 10 heteroatoms. The fourth-order valence-corrected chi connectivity index (χ4v) is 3.70. The summed E-state index contributed by atoms with van der Waals surface area (Å²) in [4.78, 5) is 38.8. The highest BCUT2D eigenvalue weighted by Crippen LogP contribution is 2.31. The molecule has 3 amide bonds. The molecule has 0 bridgehead atoms. The normalized spacial score (nSPS) is 13.9. The molecule has 2 N–H and O–H groups in total. The van der Waals surface area contributed by atoms with Crippen LogP contribution in [0, 0.1) is 0 Å². The molecule has 0 saturated heterocycles. The maximum Gasteiger partial charge on any atom is 0.416 e. The summed E-state index contributed by atoms with van der Waals surface area (Å²) < 4.78 is 43.6. The number of carbonyl (C=O) groups is 3. The number of amides is 3. The van der Waals surface area contributed by atoms with Gasteiger partial charge in [0, 0.05) is 12.1 Å². The Hall–Kier alpha value is -4.18. The Morgan fingerprint density at radius 2 is 1.61 bits per heavy atom. The SMILES string of the molecule is O=C(NCC(O)COc1cccc(C(F)(F)F)c1)c1cccc(CN2C(=O)c3ccccc3C2=O)c1. The molecule has 1 aliphatic rings. The second-order valence-electron chi connectivity index (χ2n) is 8.14. The van der Waals surface area contributed by atoms with E-state index in [0.717, 1.165) is 17.0 Å². The van der Waals surface area contributed by atoms with E-state index in [-0.39, 0.29) is 31.0 Å². The molecule has 0 saturated carbocycles. The summed E-state index contributed by atoms with van der Waals surface area (Å²) in [5.74, 6) is -1.39. The molecule has 0 radical (unpaired) electrons. The van der Waals surface area contributed by atoms with Gasteiger partial charge in [0.15, 0.2) is 0 Å². The maximum atomic E-state index is 12.8. The topological polar surface area (TPSA) is 95.9 Å². The molecule has 4 rings (SSSR count). The van der Waals surface area contributed by atoms with Gasteiger partial charge >= 0.3 is 6.18 Å². The Morgan fingerprint density at radius 1 is 0.944 bits per heavy atom. The number of nitrogens with one attached hydrogen (secondary N) is 1. The molecule has 1 heterocycles. The van der Waals surface area contributed by atoms with Gasteiger partial charge in [-0.05, 0) is 48.0 Å². The van der Waals surface area contributed by atoms with Gasteiger partial charge in [0.05, 0.1) is 23.2 Å². The highest BCUT2D eigenvalue weighted by atomic mass is 19.4. The van der Waals surface area contributed by atoms with Crippen molar-refractivity contribution in [2.45, 2.75) is 18.8 Å². The molecule has 186 valence electrons. The predicted octanol–water partition coefficient (Wildman–Crippen LogP) is 3.67. The van der Waals surface area contributed by atoms with Gasteiger partial charge in [0.1, 0.15) is 18.5 Å². The van der Waals surface area contributed by atoms with Gasteiger partial charge in [0.2, 0.25) is 0 Å². The third-order valence-electron chi connectivity index (χ3n) is 5.51. The summed E-state index contributed by atoms with van der Waals surface area (Å²) in [6.45, 7) is -0.553. The van der Waals surface area contributed by atoms with Gasteiger partial charge in [-0.3, -0.25) is 19.3 Å². The number of benzene rings is 3. The van der Waals surface area contributed by atoms with Crippen molar-refractivity contribution < 1.29 is 37.4 Å². The van der Waals surface area contributed by atoms with E-state index in [9.17, 15) is 32.7 Å². The van der Waals surface area contributed by atoms with Crippen LogP contribution in [-0.4, -0.2) is 47.0 Å². The first kappa shape index (κ1) is 24.9. The number of hydrogen-bond donors (Lipinski definition) is 2. The van der Waals surface area contributed by atoms with Crippen molar-refractivity contribution >= 4 is 17.7 Å². The van der Waals surface area contributed by atoms with Crippen LogP contribution < -0.4 is 10.1 Å². The quantitative estimate of drug-likeness (QED) is 0.462. The Labute approximate surface area is 204 Å². The Kier molecular flexibility index (Phi) is 7.07. The summed E-state index contributed by atoms with van der Waals surface area (Å²) in [5, 5.41) is 12.6. The van der Waals surface area contributed by atoms with E-state index in [2.05, 4.69) is 5.32 Å². The molecule has 1 atom stereocenters. The van der Waals surface area contributed by atoms with Crippen LogP contribution in [0.25, 0.3) is 0 Å². The molecule has 0 fully saturated rings. The van der Waals surface area contributed by atoms with Crippen molar-refractivity contribution in [1.82, 2.24) is 10.2 Å². The third-order valence-corrected chi connectivity index (χ3v) is 5.51. The van der Waals surface area contributed by atoms with Gasteiger partial charge in [0.25, 0.3) is 17.7 Å². The highest BCUT2D eigenvalue weighted by molar-refractivity contribution is 6.21. The van der Waals surface area contributed by atoms with E-state index >= 15 is 0 Å². The van der Waals surface area contributed by atoms with Crippen LogP contribution >= 0.6 is 0 Å². The minimum atomic E-state index is -4.51. The average molecular weight is 498 g/mol. The summed E-state index contributed by atoms with van der Waals surface area (Å²) in [7, 11) is 0. The number of alkyl halides is 3. The van der Waals surface area contributed by atoms with Crippen LogP contribution in [0.2, 0.25) is 0 Å². The number of halogens is 3. The molecule has 1 aliphatic heterocycles. The zero-order chi connectivity index (χ0) is 25.9. The second kappa shape index (κ2) is 10.2. The standard InChI is InChI=1S/C26H21F3N2O5/c27-26(28,29)18-7-4-8-20(12-18)36-15-19(32)13-30-23(33)17-6-3-5-16(11-17)14-31-24(34)21-9-1-2-10-22(21)25(31)35/h1-12,19,32H,13-15H2,(H,30,33). The van der Waals surface area contributed by atoms with Gasteiger partial charge in [-0.15, -0.1) is 0 Å². The van der Waals surface area contributed by atoms with Crippen LogP contribution in [0.3, 0.4) is 0 Å². The lowest BCUT2D eigenvalue weighted by Crippen LogP contribution is -2.35. The summed E-state index contributed by atoms with van der Waals surface area (Å²) in [6, 6.07) is 17.1. The van der Waals surface area contributed by atoms with Crippen molar-refractivity contribution in [3.8, 4) is 5.75 Å². The first-order valence-electron chi connectivity index (χ1n) is 10.9. The molecule has 7 nitrogen and oxygen atoms in total. The lowest BCUT2D eigenvalue weighted by Gasteiger charge is -2.16. The molecular weight excluding hydrogens is 477 g/mol. The van der Waals surface area contributed by atoms with Crippen molar-refractivity contribution in [3.05, 3.63) is 101 Å². The number of imide groups is 1. The maximum absolute atomic E-state index is 12.8. The second-order valence-corrected chi connectivity index (χ2v) is 8.14. The zero-order valence-corrected chi connectivity index (χ0v) is 18.8. The molecule has 0 aliphatic carbocycles. The first-order valence-corrected chi connectivity index (χ1v) is 10.9. The van der Waals surface area contributed by atoms with E-state index < -0.39 is 35.6 Å². The van der Waals surface area contributed by atoms with E-state index in [1.165, 1.54) is 24.3 Å². The van der Waals surface area contributed by atoms with Crippen molar-refractivity contribution in [3.63, 3.8) is 0 Å². The zero-order valence-electron chi connectivity index (χ0n) is 18.8. The molecular formula is C26H21F3N2O5. The number of rotatable bonds is 8. The molecule has 3 aromatic carbocycles. The van der Waals surface area contributed by atoms with Gasteiger partial charge in [-0.25, -0.2) is 0 Å². The minimum absolute atomic E-state index is 0.0130. The molecule has 1 unspecified atom stereocenters. The molecule has 3 aromatic rings. The number of aliphatic hydroxyl groups is 1. The molecule has 0 aromatic heterocycles. The largest absolute Gasteiger partial charge is 0.491 e. The van der Waals surface area contributed by atoms with Crippen LogP contribution in [0.5, 0.6) is 5.75 Å². The third kappa shape index (κ3) is 5.55. The van der Waals surface area contributed by atoms with Crippen LogP contribution in [0.1, 0.15) is 42.2 Å². The number of nitrogens with zero attached hydrogens (tertiary/aromatic N) is 1. The Balaban J connectivity index is 1.31. The highest BCUT2D eigenvalue weighted by Gasteiger charge is 2.35. The fourth-order valence-electron chi connectivity index (χ4n) is 3.70. The summed E-state index contributed by atoms with van der Waals surface area (Å²) in [5.41, 5.74) is 0.597. The van der Waals surface area contributed by atoms with Crippen molar-refractivity contribution in [2.75, 3.05) is 13.2 Å². The number of ether oxygens (including phenoxy) is 1. The van der Waals surface area contributed by atoms with E-state index in [4.69, 9.17) is 4.74 Å². The monoisotopic (exact) mass is 498 g/mol. The Bertz CT molecular complexity index is 1270. The summed E-state index contributed by atoms with van der Waals surface area (Å²) in [6.07, 6.45) is -5.69. The van der Waals surface area contributed by atoms with E-state index in [1.807, 2.05) is 0 Å². The van der Waals surface area contributed by atoms with Crippen LogP contribution in [-0.2, 0) is 12.7 Å². The number of aliphatic hydroxyl groups excluding tert-OH is 1. The van der Waals surface area contributed by atoms with E-state index in [0.29, 0.717) is 16.7 Å². The average Bonchev–Trinajstić information content (AvgIpc) is 3.11. The van der Waals surface area contributed by atoms with Crippen molar-refractivity contribution in [1.29, 1.82) is 0 Å². The smallest absolute Gasteiger partial charge is 0.416 e. The summed E-state index contributed by atoms with van der Waals surface area (Å²) >= 11 is 0. The van der Waals surface area contributed by atoms with Gasteiger partial charge in [-0.1, -0.05) is 30.3 Å². The van der Waals surface area contributed by atoms with E-state index in [1.54, 1.807) is 36.4 Å². The molecule has 0 spiro atoms. The minimum Gasteiger partial charge on any atom is -0.491 e. The number of hydrogen-bond acceptors (Lipinski definition) is 5. The first-order chi connectivity index (χ1) is 17.1. The van der Waals surface area contributed by atoms with Gasteiger partial charge < -0.3 is 15.2 Å². The Morgan fingerprint density at radius 3 is 2.28 bits per heavy atom. The number of fused-ring (bicyclic) bond motifs is 1.